The van der Waals surface area contributed by atoms with E-state index < -0.39 is 17.8 Å². The van der Waals surface area contributed by atoms with Crippen molar-refractivity contribution in [2.45, 2.75) is 77.9 Å². The van der Waals surface area contributed by atoms with Crippen molar-refractivity contribution in [3.63, 3.8) is 0 Å². The van der Waals surface area contributed by atoms with Gasteiger partial charge in [-0.1, -0.05) is 35.9 Å². The van der Waals surface area contributed by atoms with E-state index in [9.17, 15) is 24.8 Å². The minimum Gasteiger partial charge on any atom is -0.481 e. The van der Waals surface area contributed by atoms with Gasteiger partial charge in [0.25, 0.3) is 11.8 Å². The van der Waals surface area contributed by atoms with Crippen molar-refractivity contribution in [2.75, 3.05) is 30.3 Å². The number of nitriles is 1. The van der Waals surface area contributed by atoms with Crippen LogP contribution in [0.15, 0.2) is 36.4 Å². The van der Waals surface area contributed by atoms with Gasteiger partial charge < -0.3 is 24.9 Å². The summed E-state index contributed by atoms with van der Waals surface area (Å²) >= 11 is 6.96. The molecule has 2 aliphatic heterocycles. The molecule has 7 rings (SSSR count). The van der Waals surface area contributed by atoms with Crippen LogP contribution in [0.25, 0.3) is 11.1 Å². The number of anilines is 2. The lowest BCUT2D eigenvalue weighted by Crippen LogP contribution is -2.36. The van der Waals surface area contributed by atoms with Crippen LogP contribution in [0.3, 0.4) is 0 Å². The predicted molar refractivity (Wildman–Crippen MR) is 210 cm³/mol. The highest BCUT2D eigenvalue weighted by Gasteiger charge is 2.30. The molecule has 0 unspecified atom stereocenters. The van der Waals surface area contributed by atoms with E-state index >= 15 is 0 Å². The molecule has 0 saturated heterocycles. The summed E-state index contributed by atoms with van der Waals surface area (Å²) in [5, 5.41) is 25.8. The zero-order valence-corrected chi connectivity index (χ0v) is 32.6. The normalized spacial score (nSPS) is 18.7. The monoisotopic (exact) mass is 765 g/mol. The number of carboxylic acid groups (broad SMARTS) is 1. The molecule has 1 saturated carbocycles. The number of nitrogens with zero attached hydrogens (tertiary/aromatic N) is 7. The number of fused-ring (bicyclic) bond motifs is 2. The number of amides is 2. The van der Waals surface area contributed by atoms with Gasteiger partial charge in [0.2, 0.25) is 0 Å². The van der Waals surface area contributed by atoms with E-state index in [0.717, 1.165) is 87.4 Å². The molecule has 55 heavy (non-hydrogen) atoms. The largest absolute Gasteiger partial charge is 0.481 e. The van der Waals surface area contributed by atoms with Gasteiger partial charge in [0, 0.05) is 81.7 Å². The first-order valence-corrected chi connectivity index (χ1v) is 19.5. The van der Waals surface area contributed by atoms with E-state index in [1.165, 1.54) is 0 Å². The standard InChI is InChI=1S/C41H48ClN9O4/c1-24(2)51-20-17-35-33(23-51)45-37(49(35)4)39(52)46-30-9-5-7-27(29(30)21-43)28-8-6-10-31(36(28)42)47-40(53)38-44-32-22-50(19-16-34(32)48(38)3)18-15-25-11-13-26(14-12-25)41(54)55/h5-10,24-26H,11-20,22-23H2,1-4H3,(H,46,52)(H,47,53)(H,54,55)/t25-,26-. The second kappa shape index (κ2) is 16.0. The van der Waals surface area contributed by atoms with Crippen LogP contribution in [-0.2, 0) is 44.8 Å². The van der Waals surface area contributed by atoms with Crippen LogP contribution in [0.4, 0.5) is 11.4 Å². The highest BCUT2D eigenvalue weighted by molar-refractivity contribution is 6.36. The van der Waals surface area contributed by atoms with Crippen molar-refractivity contribution in [2.24, 2.45) is 25.9 Å². The van der Waals surface area contributed by atoms with E-state index in [0.29, 0.717) is 47.6 Å². The van der Waals surface area contributed by atoms with Gasteiger partial charge in [0.1, 0.15) is 6.07 Å². The Bertz CT molecular complexity index is 2180. The van der Waals surface area contributed by atoms with Crippen molar-refractivity contribution in [3.05, 3.63) is 81.4 Å². The van der Waals surface area contributed by atoms with Gasteiger partial charge in [-0.15, -0.1) is 0 Å². The summed E-state index contributed by atoms with van der Waals surface area (Å²) in [6.07, 6.45) is 6.03. The molecule has 0 bridgehead atoms. The van der Waals surface area contributed by atoms with Gasteiger partial charge in [-0.25, -0.2) is 9.97 Å². The molecule has 14 heteroatoms. The molecule has 2 aromatic heterocycles. The van der Waals surface area contributed by atoms with Gasteiger partial charge in [-0.2, -0.15) is 5.26 Å². The van der Waals surface area contributed by atoms with Crippen molar-refractivity contribution >= 4 is 40.8 Å². The minimum atomic E-state index is -0.675. The molecule has 0 spiro atoms. The zero-order chi connectivity index (χ0) is 39.0. The Balaban J connectivity index is 1.04. The number of nitrogens with one attached hydrogen (secondary N) is 2. The molecule has 288 valence electrons. The summed E-state index contributed by atoms with van der Waals surface area (Å²) in [6, 6.07) is 13.1. The van der Waals surface area contributed by atoms with E-state index in [1.54, 1.807) is 36.4 Å². The molecule has 1 aliphatic carbocycles. The first kappa shape index (κ1) is 38.3. The summed E-state index contributed by atoms with van der Waals surface area (Å²) in [5.74, 6) is -0.566. The fourth-order valence-electron chi connectivity index (χ4n) is 8.43. The summed E-state index contributed by atoms with van der Waals surface area (Å²) in [7, 11) is 3.71. The number of carbonyl (C=O) groups is 3. The molecule has 2 aromatic carbocycles. The number of hydrogen-bond acceptors (Lipinski definition) is 8. The number of aromatic nitrogens is 4. The molecular formula is C41H48ClN9O4. The summed E-state index contributed by atoms with van der Waals surface area (Å²) in [6.45, 7) is 8.32. The second-order valence-corrected chi connectivity index (χ2v) is 15.8. The number of rotatable bonds is 10. The molecule has 4 aromatic rings. The summed E-state index contributed by atoms with van der Waals surface area (Å²) in [4.78, 5) is 52.8. The fourth-order valence-corrected chi connectivity index (χ4v) is 8.70. The lowest BCUT2D eigenvalue weighted by Gasteiger charge is -2.30. The van der Waals surface area contributed by atoms with Gasteiger partial charge in [-0.05, 0) is 70.5 Å². The fraction of sp³-hybridized carbons (Fsp3) is 0.463. The van der Waals surface area contributed by atoms with E-state index in [4.69, 9.17) is 21.6 Å². The zero-order valence-electron chi connectivity index (χ0n) is 31.9. The number of hydrogen-bond donors (Lipinski definition) is 3. The van der Waals surface area contributed by atoms with Gasteiger partial charge >= 0.3 is 5.97 Å². The summed E-state index contributed by atoms with van der Waals surface area (Å²) < 4.78 is 3.69. The minimum absolute atomic E-state index is 0.203. The lowest BCUT2D eigenvalue weighted by molar-refractivity contribution is -0.143. The lowest BCUT2D eigenvalue weighted by atomic mass is 9.80. The number of carboxylic acids is 1. The number of carbonyl (C=O) groups excluding carboxylic acids is 2. The Morgan fingerprint density at radius 2 is 1.45 bits per heavy atom. The molecule has 3 N–H and O–H groups in total. The Morgan fingerprint density at radius 3 is 2.07 bits per heavy atom. The topological polar surface area (TPSA) is 161 Å². The molecule has 4 heterocycles. The van der Waals surface area contributed by atoms with Crippen LogP contribution in [0.5, 0.6) is 0 Å². The van der Waals surface area contributed by atoms with E-state index in [1.807, 2.05) is 23.2 Å². The Kier molecular flexibility index (Phi) is 11.1. The average Bonchev–Trinajstić information content (AvgIpc) is 3.70. The smallest absolute Gasteiger partial charge is 0.306 e. The number of halogens is 1. The van der Waals surface area contributed by atoms with Crippen LogP contribution >= 0.6 is 11.6 Å². The van der Waals surface area contributed by atoms with Crippen molar-refractivity contribution in [1.29, 1.82) is 5.26 Å². The Labute approximate surface area is 326 Å². The number of benzene rings is 2. The van der Waals surface area contributed by atoms with Crippen molar-refractivity contribution in [1.82, 2.24) is 28.9 Å². The first-order chi connectivity index (χ1) is 26.4. The molecule has 3 aliphatic rings. The second-order valence-electron chi connectivity index (χ2n) is 15.4. The van der Waals surface area contributed by atoms with E-state index in [-0.39, 0.29) is 28.2 Å². The van der Waals surface area contributed by atoms with Gasteiger partial charge in [-0.3, -0.25) is 24.2 Å². The maximum absolute atomic E-state index is 13.7. The highest BCUT2D eigenvalue weighted by atomic mass is 35.5. The third kappa shape index (κ3) is 7.76. The third-order valence-corrected chi connectivity index (χ3v) is 12.2. The maximum atomic E-state index is 13.7. The molecule has 1 fully saturated rings. The van der Waals surface area contributed by atoms with Crippen LogP contribution in [0.1, 0.15) is 95.5 Å². The van der Waals surface area contributed by atoms with Crippen LogP contribution in [-0.4, -0.2) is 77.5 Å². The SMILES string of the molecule is CC(C)N1CCc2c(nc(C(=O)Nc3cccc(-c4cccc(NC(=O)c5nc6c(n5C)CCN(CC[C@H]5CC[C@H](C(=O)O)CC5)C6)c4Cl)c3C#N)n2C)C1. The van der Waals surface area contributed by atoms with Crippen LogP contribution in [0.2, 0.25) is 5.02 Å². The number of imidazole rings is 2. The molecular weight excluding hydrogens is 718 g/mol. The molecule has 0 atom stereocenters. The number of aliphatic carboxylic acids is 1. The van der Waals surface area contributed by atoms with E-state index in [2.05, 4.69) is 40.4 Å². The molecule has 2 amide bonds. The third-order valence-electron chi connectivity index (χ3n) is 11.8. The predicted octanol–water partition coefficient (Wildman–Crippen LogP) is 6.26. The molecule has 13 nitrogen and oxygen atoms in total. The van der Waals surface area contributed by atoms with Gasteiger partial charge in [0.15, 0.2) is 11.6 Å². The van der Waals surface area contributed by atoms with Crippen LogP contribution < -0.4 is 10.6 Å². The Hall–Kier alpha value is -5.03. The van der Waals surface area contributed by atoms with Gasteiger partial charge in [0.05, 0.1) is 39.3 Å². The average molecular weight is 766 g/mol. The Morgan fingerprint density at radius 1 is 0.873 bits per heavy atom. The quantitative estimate of drug-likeness (QED) is 0.169. The van der Waals surface area contributed by atoms with Crippen molar-refractivity contribution in [3.8, 4) is 17.2 Å². The maximum Gasteiger partial charge on any atom is 0.306 e. The molecule has 0 radical (unpaired) electrons. The highest BCUT2D eigenvalue weighted by Crippen LogP contribution is 2.38. The van der Waals surface area contributed by atoms with Crippen LogP contribution in [0, 0.1) is 23.2 Å². The van der Waals surface area contributed by atoms with Crippen molar-refractivity contribution < 1.29 is 19.5 Å². The first-order valence-electron chi connectivity index (χ1n) is 19.2. The summed E-state index contributed by atoms with van der Waals surface area (Å²) in [5.41, 5.74) is 5.83.